The summed E-state index contributed by atoms with van der Waals surface area (Å²) in [5.74, 6) is -0.583. The first kappa shape index (κ1) is 18.0. The fourth-order valence-electron chi connectivity index (χ4n) is 2.48. The van der Waals surface area contributed by atoms with Gasteiger partial charge in [-0.05, 0) is 6.07 Å². The molecule has 0 bridgehead atoms. The first-order valence-electron chi connectivity index (χ1n) is 7.96. The van der Waals surface area contributed by atoms with Gasteiger partial charge in [0.25, 0.3) is 5.69 Å². The summed E-state index contributed by atoms with van der Waals surface area (Å²) >= 11 is 0. The number of methoxy groups -OCH3 is 1. The maximum atomic E-state index is 11.7. The highest BCUT2D eigenvalue weighted by molar-refractivity contribution is 5.83. The van der Waals surface area contributed by atoms with E-state index in [1.165, 1.54) is 31.4 Å². The third-order valence-electron chi connectivity index (χ3n) is 3.84. The largest absolute Gasteiger partial charge is 0.507 e. The van der Waals surface area contributed by atoms with Crippen LogP contribution in [-0.2, 0) is 16.0 Å². The fourth-order valence-corrected chi connectivity index (χ4v) is 2.48. The Morgan fingerprint density at radius 2 is 1.93 bits per heavy atom. The van der Waals surface area contributed by atoms with E-state index in [1.54, 1.807) is 24.3 Å². The number of hydrogen-bond donors (Lipinski definition) is 1. The molecule has 1 aromatic heterocycles. The van der Waals surface area contributed by atoms with E-state index in [-0.39, 0.29) is 34.8 Å². The van der Waals surface area contributed by atoms with E-state index in [4.69, 9.17) is 0 Å². The van der Waals surface area contributed by atoms with Crippen molar-refractivity contribution in [1.29, 1.82) is 0 Å². The van der Waals surface area contributed by atoms with Gasteiger partial charge in [-0.1, -0.05) is 30.3 Å². The number of esters is 1. The van der Waals surface area contributed by atoms with Crippen molar-refractivity contribution in [2.45, 2.75) is 6.42 Å². The van der Waals surface area contributed by atoms with Crippen LogP contribution in [0.2, 0.25) is 0 Å². The summed E-state index contributed by atoms with van der Waals surface area (Å²) in [7, 11) is 1.25. The van der Waals surface area contributed by atoms with Gasteiger partial charge in [0.1, 0.15) is 5.76 Å². The number of hydrogen-bond acceptors (Lipinski definition) is 7. The Hall–Kier alpha value is -3.81. The molecule has 0 atom stereocenters. The molecule has 0 saturated heterocycles. The monoisotopic (exact) mass is 365 g/mol. The van der Waals surface area contributed by atoms with Gasteiger partial charge in [0.2, 0.25) is 0 Å². The first-order valence-corrected chi connectivity index (χ1v) is 7.96. The standard InChI is InChI=1S/C19H15N3O5/c1-27-19(24)11-17-16(10-18(23)12-5-3-2-4-6-12)20-14-8-7-13(22(25)26)9-15(14)21-17/h2-10,23H,11H2,1H3/b18-10-. The number of rotatable bonds is 5. The van der Waals surface area contributed by atoms with E-state index in [2.05, 4.69) is 14.7 Å². The average Bonchev–Trinajstić information content (AvgIpc) is 2.68. The molecule has 0 spiro atoms. The third-order valence-corrected chi connectivity index (χ3v) is 3.84. The molecule has 0 fully saturated rings. The summed E-state index contributed by atoms with van der Waals surface area (Å²) in [6.45, 7) is 0. The van der Waals surface area contributed by atoms with E-state index in [1.807, 2.05) is 6.07 Å². The van der Waals surface area contributed by atoms with Crippen LogP contribution in [0.4, 0.5) is 5.69 Å². The zero-order chi connectivity index (χ0) is 19.4. The Labute approximate surface area is 153 Å². The smallest absolute Gasteiger partial charge is 0.311 e. The minimum atomic E-state index is -0.539. The lowest BCUT2D eigenvalue weighted by Gasteiger charge is -2.07. The van der Waals surface area contributed by atoms with Crippen LogP contribution in [0.25, 0.3) is 22.9 Å². The number of benzene rings is 2. The Morgan fingerprint density at radius 3 is 2.59 bits per heavy atom. The molecular weight excluding hydrogens is 350 g/mol. The molecule has 0 radical (unpaired) electrons. The summed E-state index contributed by atoms with van der Waals surface area (Å²) in [5, 5.41) is 21.3. The average molecular weight is 365 g/mol. The van der Waals surface area contributed by atoms with E-state index < -0.39 is 10.9 Å². The molecule has 1 N–H and O–H groups in total. The number of aliphatic hydroxyl groups excluding tert-OH is 1. The van der Waals surface area contributed by atoms with Crippen molar-refractivity contribution in [2.24, 2.45) is 0 Å². The molecule has 136 valence electrons. The summed E-state index contributed by atoms with van der Waals surface area (Å²) in [4.78, 5) is 30.9. The second-order valence-corrected chi connectivity index (χ2v) is 5.63. The van der Waals surface area contributed by atoms with Crippen molar-refractivity contribution < 1.29 is 19.6 Å². The van der Waals surface area contributed by atoms with Crippen molar-refractivity contribution in [2.75, 3.05) is 7.11 Å². The van der Waals surface area contributed by atoms with Crippen molar-refractivity contribution in [3.63, 3.8) is 0 Å². The molecule has 3 rings (SSSR count). The quantitative estimate of drug-likeness (QED) is 0.319. The molecule has 2 aromatic carbocycles. The van der Waals surface area contributed by atoms with E-state index in [9.17, 15) is 20.0 Å². The second-order valence-electron chi connectivity index (χ2n) is 5.63. The number of ether oxygens (including phenoxy) is 1. The molecular formula is C19H15N3O5. The van der Waals surface area contributed by atoms with Gasteiger partial charge in [-0.3, -0.25) is 14.9 Å². The van der Waals surface area contributed by atoms with Crippen LogP contribution in [0.15, 0.2) is 48.5 Å². The predicted molar refractivity (Wildman–Crippen MR) is 98.9 cm³/mol. The molecule has 0 aliphatic heterocycles. The molecule has 3 aromatic rings. The Kier molecular flexibility index (Phi) is 5.07. The minimum Gasteiger partial charge on any atom is -0.507 e. The molecule has 0 aliphatic rings. The lowest BCUT2D eigenvalue weighted by atomic mass is 10.1. The molecule has 0 saturated carbocycles. The van der Waals surface area contributed by atoms with Gasteiger partial charge in [-0.15, -0.1) is 0 Å². The fraction of sp³-hybridized carbons (Fsp3) is 0.105. The number of aliphatic hydroxyl groups is 1. The minimum absolute atomic E-state index is 0.0442. The highest BCUT2D eigenvalue weighted by atomic mass is 16.6. The number of fused-ring (bicyclic) bond motifs is 1. The lowest BCUT2D eigenvalue weighted by molar-refractivity contribution is -0.384. The number of nitro groups is 1. The van der Waals surface area contributed by atoms with Crippen molar-refractivity contribution in [3.8, 4) is 0 Å². The topological polar surface area (TPSA) is 115 Å². The number of aromatic nitrogens is 2. The van der Waals surface area contributed by atoms with Gasteiger partial charge in [-0.25, -0.2) is 9.97 Å². The maximum Gasteiger partial charge on any atom is 0.311 e. The van der Waals surface area contributed by atoms with Gasteiger partial charge in [0.15, 0.2) is 0 Å². The third kappa shape index (κ3) is 4.06. The van der Waals surface area contributed by atoms with Crippen LogP contribution in [0, 0.1) is 10.1 Å². The zero-order valence-electron chi connectivity index (χ0n) is 14.3. The van der Waals surface area contributed by atoms with E-state index in [0.29, 0.717) is 11.1 Å². The van der Waals surface area contributed by atoms with E-state index >= 15 is 0 Å². The molecule has 0 aliphatic carbocycles. The normalized spacial score (nSPS) is 11.4. The van der Waals surface area contributed by atoms with Gasteiger partial charge in [0.05, 0.1) is 40.9 Å². The Balaban J connectivity index is 2.14. The Morgan fingerprint density at radius 1 is 1.19 bits per heavy atom. The van der Waals surface area contributed by atoms with E-state index in [0.717, 1.165) is 0 Å². The van der Waals surface area contributed by atoms with Crippen LogP contribution >= 0.6 is 0 Å². The number of carbonyl (C=O) groups excluding carboxylic acids is 1. The first-order chi connectivity index (χ1) is 13.0. The van der Waals surface area contributed by atoms with Gasteiger partial charge in [-0.2, -0.15) is 0 Å². The highest BCUT2D eigenvalue weighted by Crippen LogP contribution is 2.22. The molecule has 0 amide bonds. The summed E-state index contributed by atoms with van der Waals surface area (Å²) < 4.78 is 4.67. The van der Waals surface area contributed by atoms with Crippen molar-refractivity contribution >= 4 is 34.5 Å². The number of carbonyl (C=O) groups is 1. The van der Waals surface area contributed by atoms with Gasteiger partial charge in [0, 0.05) is 23.8 Å². The highest BCUT2D eigenvalue weighted by Gasteiger charge is 2.15. The molecule has 8 nitrogen and oxygen atoms in total. The molecule has 0 unspecified atom stereocenters. The molecule has 1 heterocycles. The van der Waals surface area contributed by atoms with Crippen LogP contribution in [0.1, 0.15) is 17.0 Å². The van der Waals surface area contributed by atoms with Crippen molar-refractivity contribution in [3.05, 3.63) is 75.6 Å². The Bertz CT molecular complexity index is 1050. The van der Waals surface area contributed by atoms with Crippen molar-refractivity contribution in [1.82, 2.24) is 9.97 Å². The zero-order valence-corrected chi connectivity index (χ0v) is 14.3. The SMILES string of the molecule is COC(=O)Cc1nc2cc([N+](=O)[O-])ccc2nc1/C=C(\O)c1ccccc1. The van der Waals surface area contributed by atoms with Crippen LogP contribution in [0.3, 0.4) is 0 Å². The predicted octanol–water partition coefficient (Wildman–Crippen LogP) is 3.31. The summed E-state index contributed by atoms with van der Waals surface area (Å²) in [5.41, 5.74) is 1.66. The number of nitro benzene ring substituents is 1. The summed E-state index contributed by atoms with van der Waals surface area (Å²) in [6.07, 6.45) is 1.22. The second kappa shape index (κ2) is 7.61. The van der Waals surface area contributed by atoms with Crippen LogP contribution in [-0.4, -0.2) is 33.1 Å². The number of nitrogens with zero attached hydrogens (tertiary/aromatic N) is 3. The maximum absolute atomic E-state index is 11.7. The summed E-state index contributed by atoms with van der Waals surface area (Å²) in [6, 6.07) is 12.9. The van der Waals surface area contributed by atoms with Gasteiger partial charge < -0.3 is 9.84 Å². The van der Waals surface area contributed by atoms with Gasteiger partial charge >= 0.3 is 5.97 Å². The number of non-ortho nitro benzene ring substituents is 1. The lowest BCUT2D eigenvalue weighted by Crippen LogP contribution is -2.09. The van der Waals surface area contributed by atoms with Crippen LogP contribution < -0.4 is 0 Å². The molecule has 27 heavy (non-hydrogen) atoms. The molecule has 8 heteroatoms. The van der Waals surface area contributed by atoms with Crippen LogP contribution in [0.5, 0.6) is 0 Å².